The number of piperidine rings is 1. The van der Waals surface area contributed by atoms with E-state index in [1.165, 1.54) is 36.5 Å². The van der Waals surface area contributed by atoms with Gasteiger partial charge in [-0.2, -0.15) is 0 Å². The van der Waals surface area contributed by atoms with Gasteiger partial charge in [0.25, 0.3) is 0 Å². The number of rotatable bonds is 3. The first-order chi connectivity index (χ1) is 13.3. The summed E-state index contributed by atoms with van der Waals surface area (Å²) in [5, 5.41) is 23.0. The minimum atomic E-state index is -0.989. The molecule has 5 nitrogen and oxygen atoms in total. The zero-order chi connectivity index (χ0) is 19.7. The van der Waals surface area contributed by atoms with Gasteiger partial charge >= 0.3 is 5.97 Å². The molecule has 2 N–H and O–H groups in total. The molecular weight excluding hydrogens is 354 g/mol. The average Bonchev–Trinajstić information content (AvgIpc) is 3.43. The summed E-state index contributed by atoms with van der Waals surface area (Å²) >= 11 is 0. The lowest BCUT2D eigenvalue weighted by atomic mass is 9.48. The van der Waals surface area contributed by atoms with Gasteiger partial charge in [-0.3, -0.25) is 9.69 Å². The largest absolute Gasteiger partial charge is 0.460 e. The summed E-state index contributed by atoms with van der Waals surface area (Å²) in [6.07, 6.45) is 3.63. The van der Waals surface area contributed by atoms with Crippen LogP contribution in [0.15, 0.2) is 18.2 Å². The third-order valence-corrected chi connectivity index (χ3v) is 7.85. The summed E-state index contributed by atoms with van der Waals surface area (Å²) in [6, 6.07) is 6.60. The first-order valence-electron chi connectivity index (χ1n) is 10.7. The lowest BCUT2D eigenvalue weighted by molar-refractivity contribution is -0.217. The standard InChI is InChI=1S/C23H31NO4/c1-14-3-6-17-10-21-23(27)11-19(26)20(28-15(2)25)12-22(23,18(17)9-14)7-8-24(21)13-16-4-5-16/h3,6,9,16,19-21,26-27H,4-5,7-8,10-13H2,1-2H3/t19?,20?,21-,22-,23-/m1/s1. The Bertz CT molecular complexity index is 806. The Kier molecular flexibility index (Phi) is 4.17. The van der Waals surface area contributed by atoms with Crippen LogP contribution in [0.3, 0.4) is 0 Å². The number of aliphatic hydroxyl groups is 2. The Morgan fingerprint density at radius 1 is 1.32 bits per heavy atom. The number of aryl methyl sites for hydroxylation is 1. The number of nitrogens with zero attached hydrogens (tertiary/aromatic N) is 1. The van der Waals surface area contributed by atoms with E-state index >= 15 is 0 Å². The number of hydrogen-bond donors (Lipinski definition) is 2. The van der Waals surface area contributed by atoms with Crippen molar-refractivity contribution in [3.8, 4) is 0 Å². The molecule has 5 atom stereocenters. The van der Waals surface area contributed by atoms with Crippen molar-refractivity contribution in [2.75, 3.05) is 13.1 Å². The van der Waals surface area contributed by atoms with E-state index in [1.54, 1.807) is 0 Å². The molecule has 1 aromatic carbocycles. The monoisotopic (exact) mass is 385 g/mol. The number of fused-ring (bicyclic) bond motifs is 1. The second kappa shape index (κ2) is 6.28. The highest BCUT2D eigenvalue weighted by molar-refractivity contribution is 5.66. The van der Waals surface area contributed by atoms with E-state index in [4.69, 9.17) is 4.74 Å². The van der Waals surface area contributed by atoms with Crippen molar-refractivity contribution in [1.29, 1.82) is 0 Å². The van der Waals surface area contributed by atoms with E-state index in [1.807, 2.05) is 0 Å². The second-order valence-electron chi connectivity index (χ2n) is 9.70. The topological polar surface area (TPSA) is 70.0 Å². The van der Waals surface area contributed by atoms with Crippen molar-refractivity contribution < 1.29 is 19.7 Å². The van der Waals surface area contributed by atoms with Crippen LogP contribution in [-0.2, 0) is 21.4 Å². The predicted octanol–water partition coefficient (Wildman–Crippen LogP) is 2.09. The van der Waals surface area contributed by atoms with E-state index < -0.39 is 23.2 Å². The maximum absolute atomic E-state index is 12.2. The molecular formula is C23H31NO4. The van der Waals surface area contributed by atoms with Gasteiger partial charge < -0.3 is 14.9 Å². The van der Waals surface area contributed by atoms with Crippen molar-refractivity contribution in [3.63, 3.8) is 0 Å². The van der Waals surface area contributed by atoms with Gasteiger partial charge in [-0.05, 0) is 62.6 Å². The van der Waals surface area contributed by atoms with Crippen LogP contribution in [0.4, 0.5) is 0 Å². The maximum atomic E-state index is 12.2. The summed E-state index contributed by atoms with van der Waals surface area (Å²) in [4.78, 5) is 14.1. The van der Waals surface area contributed by atoms with Crippen molar-refractivity contribution in [2.24, 2.45) is 5.92 Å². The Hall–Kier alpha value is -1.43. The number of carbonyl (C=O) groups excluding carboxylic acids is 1. The second-order valence-corrected chi connectivity index (χ2v) is 9.70. The molecule has 0 spiro atoms. The molecule has 3 aliphatic carbocycles. The minimum absolute atomic E-state index is 0.0185. The van der Waals surface area contributed by atoms with Crippen molar-refractivity contribution in [2.45, 2.75) is 81.6 Å². The summed E-state index contributed by atoms with van der Waals surface area (Å²) in [5.41, 5.74) is 2.25. The van der Waals surface area contributed by atoms with Crippen molar-refractivity contribution >= 4 is 5.97 Å². The van der Waals surface area contributed by atoms with Crippen LogP contribution < -0.4 is 0 Å². The number of esters is 1. The number of likely N-dealkylation sites (tertiary alicyclic amines) is 1. The summed E-state index contributed by atoms with van der Waals surface area (Å²) in [5.74, 6) is 0.395. The molecule has 0 amide bonds. The predicted molar refractivity (Wildman–Crippen MR) is 105 cm³/mol. The molecule has 5 heteroatoms. The molecule has 1 aromatic rings. The molecule has 4 aliphatic rings. The molecule has 2 unspecified atom stereocenters. The van der Waals surface area contributed by atoms with Crippen LogP contribution in [0.25, 0.3) is 0 Å². The fourth-order valence-corrected chi connectivity index (χ4v) is 6.35. The highest BCUT2D eigenvalue weighted by atomic mass is 16.6. The number of aliphatic hydroxyl groups excluding tert-OH is 1. The molecule has 152 valence electrons. The van der Waals surface area contributed by atoms with E-state index in [9.17, 15) is 15.0 Å². The Morgan fingerprint density at radius 2 is 2.11 bits per heavy atom. The summed E-state index contributed by atoms with van der Waals surface area (Å²) < 4.78 is 5.52. The number of hydrogen-bond acceptors (Lipinski definition) is 5. The third kappa shape index (κ3) is 2.66. The first-order valence-corrected chi connectivity index (χ1v) is 10.7. The van der Waals surface area contributed by atoms with Crippen LogP contribution in [0.1, 0.15) is 55.7 Å². The number of carbonyl (C=O) groups is 1. The Balaban J connectivity index is 1.61. The molecule has 0 radical (unpaired) electrons. The maximum Gasteiger partial charge on any atom is 0.302 e. The quantitative estimate of drug-likeness (QED) is 0.780. The van der Waals surface area contributed by atoms with E-state index in [0.29, 0.717) is 6.42 Å². The number of benzene rings is 1. The molecule has 5 rings (SSSR count). The lowest BCUT2D eigenvalue weighted by Crippen LogP contribution is -2.75. The highest BCUT2D eigenvalue weighted by Crippen LogP contribution is 2.59. The molecule has 28 heavy (non-hydrogen) atoms. The van der Waals surface area contributed by atoms with Crippen molar-refractivity contribution in [1.82, 2.24) is 4.90 Å². The molecule has 1 heterocycles. The van der Waals surface area contributed by atoms with Gasteiger partial charge in [0, 0.05) is 31.3 Å². The van der Waals surface area contributed by atoms with E-state index in [0.717, 1.165) is 31.8 Å². The van der Waals surface area contributed by atoms with Crippen LogP contribution in [0.2, 0.25) is 0 Å². The molecule has 2 bridgehead atoms. The molecule has 1 saturated heterocycles. The fraction of sp³-hybridized carbons (Fsp3) is 0.696. The average molecular weight is 386 g/mol. The molecule has 0 aromatic heterocycles. The van der Waals surface area contributed by atoms with E-state index in [2.05, 4.69) is 30.0 Å². The van der Waals surface area contributed by atoms with Gasteiger partial charge in [0.05, 0.1) is 11.7 Å². The Morgan fingerprint density at radius 3 is 2.82 bits per heavy atom. The van der Waals surface area contributed by atoms with Gasteiger partial charge in [0.1, 0.15) is 6.10 Å². The zero-order valence-corrected chi connectivity index (χ0v) is 16.9. The smallest absolute Gasteiger partial charge is 0.302 e. The molecule has 3 fully saturated rings. The van der Waals surface area contributed by atoms with Gasteiger partial charge in [-0.25, -0.2) is 0 Å². The van der Waals surface area contributed by atoms with Crippen LogP contribution in [-0.4, -0.2) is 58.0 Å². The SMILES string of the molecule is CC(=O)OC1C[C@]23CCN(CC4CC4)[C@H](Cc4ccc(C)cc42)[C@]3(O)CC1O. The third-order valence-electron chi connectivity index (χ3n) is 7.85. The zero-order valence-electron chi connectivity index (χ0n) is 16.9. The molecule has 1 aliphatic heterocycles. The van der Waals surface area contributed by atoms with Gasteiger partial charge in [-0.1, -0.05) is 23.8 Å². The Labute approximate surface area is 166 Å². The number of ether oxygens (including phenoxy) is 1. The summed E-state index contributed by atoms with van der Waals surface area (Å²) in [6.45, 7) is 5.49. The fourth-order valence-electron chi connectivity index (χ4n) is 6.35. The van der Waals surface area contributed by atoms with Crippen LogP contribution in [0.5, 0.6) is 0 Å². The van der Waals surface area contributed by atoms with Gasteiger partial charge in [-0.15, -0.1) is 0 Å². The van der Waals surface area contributed by atoms with Gasteiger partial charge in [0.2, 0.25) is 0 Å². The van der Waals surface area contributed by atoms with E-state index in [-0.39, 0.29) is 18.4 Å². The first kappa shape index (κ1) is 18.6. The highest BCUT2D eigenvalue weighted by Gasteiger charge is 2.66. The van der Waals surface area contributed by atoms with Crippen LogP contribution in [0, 0.1) is 12.8 Å². The van der Waals surface area contributed by atoms with Crippen molar-refractivity contribution in [3.05, 3.63) is 34.9 Å². The normalized spacial score (nSPS) is 39.8. The molecule has 2 saturated carbocycles. The lowest BCUT2D eigenvalue weighted by Gasteiger charge is -2.65. The minimum Gasteiger partial charge on any atom is -0.460 e. The van der Waals surface area contributed by atoms with Gasteiger partial charge in [0.15, 0.2) is 0 Å². The van der Waals surface area contributed by atoms with Crippen LogP contribution >= 0.6 is 0 Å². The summed E-state index contributed by atoms with van der Waals surface area (Å²) in [7, 11) is 0.